The van der Waals surface area contributed by atoms with Crippen molar-refractivity contribution in [3.05, 3.63) is 0 Å². The molecule has 3 heteroatoms. The van der Waals surface area contributed by atoms with E-state index in [0.717, 1.165) is 32.1 Å². The van der Waals surface area contributed by atoms with Crippen LogP contribution in [-0.4, -0.2) is 39.0 Å². The van der Waals surface area contributed by atoms with E-state index in [1.807, 2.05) is 7.05 Å². The van der Waals surface area contributed by atoms with Gasteiger partial charge in [0.05, 0.1) is 18.8 Å². The van der Waals surface area contributed by atoms with Crippen molar-refractivity contribution in [1.29, 1.82) is 0 Å². The van der Waals surface area contributed by atoms with Crippen molar-refractivity contribution in [2.75, 3.05) is 26.8 Å². The van der Waals surface area contributed by atoms with Gasteiger partial charge in [0.2, 0.25) is 0 Å². The summed E-state index contributed by atoms with van der Waals surface area (Å²) in [6.45, 7) is 7.13. The monoisotopic (exact) mass is 229 g/mol. The lowest BCUT2D eigenvalue weighted by molar-refractivity contribution is -0.0147. The van der Waals surface area contributed by atoms with Gasteiger partial charge in [0.15, 0.2) is 0 Å². The molecule has 0 aromatic carbocycles. The third kappa shape index (κ3) is 5.83. The van der Waals surface area contributed by atoms with Gasteiger partial charge in [-0.2, -0.15) is 0 Å². The molecule has 1 fully saturated rings. The highest BCUT2D eigenvalue weighted by Crippen LogP contribution is 2.19. The molecule has 1 aliphatic heterocycles. The normalized spacial score (nSPS) is 25.5. The van der Waals surface area contributed by atoms with Crippen LogP contribution in [0.3, 0.4) is 0 Å². The highest BCUT2D eigenvalue weighted by Gasteiger charge is 2.24. The first-order valence-corrected chi connectivity index (χ1v) is 6.60. The summed E-state index contributed by atoms with van der Waals surface area (Å²) in [7, 11) is 1.97. The fraction of sp³-hybridized carbons (Fsp3) is 1.00. The first kappa shape index (κ1) is 13.9. The predicted molar refractivity (Wildman–Crippen MR) is 66.7 cm³/mol. The van der Waals surface area contributed by atoms with Crippen LogP contribution in [0.4, 0.5) is 0 Å². The number of hydrogen-bond acceptors (Lipinski definition) is 3. The SMILES string of the molecule is CNCC1CCC(COCCCC(C)C)O1. The summed E-state index contributed by atoms with van der Waals surface area (Å²) < 4.78 is 11.5. The maximum absolute atomic E-state index is 5.84. The van der Waals surface area contributed by atoms with Crippen molar-refractivity contribution in [2.24, 2.45) is 5.92 Å². The third-order valence-electron chi connectivity index (χ3n) is 3.00. The van der Waals surface area contributed by atoms with Crippen molar-refractivity contribution in [2.45, 2.75) is 51.7 Å². The minimum absolute atomic E-state index is 0.331. The van der Waals surface area contributed by atoms with E-state index in [1.165, 1.54) is 19.3 Å². The zero-order valence-electron chi connectivity index (χ0n) is 11.0. The zero-order valence-corrected chi connectivity index (χ0v) is 11.0. The van der Waals surface area contributed by atoms with Crippen LogP contribution < -0.4 is 5.32 Å². The number of hydrogen-bond donors (Lipinski definition) is 1. The molecule has 2 unspecified atom stereocenters. The Balaban J connectivity index is 1.94. The molecule has 1 aliphatic rings. The molecule has 1 N–H and O–H groups in total. The van der Waals surface area contributed by atoms with Gasteiger partial charge in [-0.1, -0.05) is 13.8 Å². The lowest BCUT2D eigenvalue weighted by Crippen LogP contribution is -2.25. The van der Waals surface area contributed by atoms with Gasteiger partial charge in [-0.25, -0.2) is 0 Å². The van der Waals surface area contributed by atoms with Crippen molar-refractivity contribution < 1.29 is 9.47 Å². The molecule has 3 nitrogen and oxygen atoms in total. The van der Waals surface area contributed by atoms with E-state index in [2.05, 4.69) is 19.2 Å². The fourth-order valence-corrected chi connectivity index (χ4v) is 2.09. The van der Waals surface area contributed by atoms with Crippen LogP contribution in [0.15, 0.2) is 0 Å². The predicted octanol–water partition coefficient (Wildman–Crippen LogP) is 2.21. The molecule has 16 heavy (non-hydrogen) atoms. The minimum Gasteiger partial charge on any atom is -0.379 e. The molecule has 1 heterocycles. The van der Waals surface area contributed by atoms with Crippen LogP contribution in [0.2, 0.25) is 0 Å². The Morgan fingerprint density at radius 2 is 2.06 bits per heavy atom. The topological polar surface area (TPSA) is 30.5 Å². The smallest absolute Gasteiger partial charge is 0.0813 e. The Morgan fingerprint density at radius 1 is 1.31 bits per heavy atom. The molecule has 0 spiro atoms. The van der Waals surface area contributed by atoms with Crippen molar-refractivity contribution in [3.8, 4) is 0 Å². The van der Waals surface area contributed by atoms with Crippen molar-refractivity contribution in [1.82, 2.24) is 5.32 Å². The second kappa shape index (κ2) is 8.04. The van der Waals surface area contributed by atoms with Gasteiger partial charge in [-0.3, -0.25) is 0 Å². The largest absolute Gasteiger partial charge is 0.379 e. The van der Waals surface area contributed by atoms with E-state index in [1.54, 1.807) is 0 Å². The molecular weight excluding hydrogens is 202 g/mol. The van der Waals surface area contributed by atoms with Crippen LogP contribution in [0.5, 0.6) is 0 Å². The number of nitrogens with one attached hydrogen (secondary N) is 1. The van der Waals surface area contributed by atoms with Gasteiger partial charge in [0.1, 0.15) is 0 Å². The molecule has 1 saturated heterocycles. The summed E-state index contributed by atoms with van der Waals surface area (Å²) in [4.78, 5) is 0. The molecule has 0 amide bonds. The summed E-state index contributed by atoms with van der Waals surface area (Å²) in [5.74, 6) is 0.784. The lowest BCUT2D eigenvalue weighted by Gasteiger charge is -2.13. The summed E-state index contributed by atoms with van der Waals surface area (Å²) in [5.41, 5.74) is 0. The van der Waals surface area contributed by atoms with Crippen LogP contribution in [-0.2, 0) is 9.47 Å². The summed E-state index contributed by atoms with van der Waals surface area (Å²) in [6, 6.07) is 0. The Morgan fingerprint density at radius 3 is 2.75 bits per heavy atom. The Kier molecular flexibility index (Phi) is 7.01. The second-order valence-electron chi connectivity index (χ2n) is 5.13. The quantitative estimate of drug-likeness (QED) is 0.647. The van der Waals surface area contributed by atoms with Crippen LogP contribution in [0, 0.1) is 5.92 Å². The Bertz CT molecular complexity index is 173. The standard InChI is InChI=1S/C13H27NO2/c1-11(2)5-4-8-15-10-13-7-6-12(16-13)9-14-3/h11-14H,4-10H2,1-3H3. The number of ether oxygens (including phenoxy) is 2. The average Bonchev–Trinajstić information content (AvgIpc) is 2.65. The first-order chi connectivity index (χ1) is 7.72. The third-order valence-corrected chi connectivity index (χ3v) is 3.00. The van der Waals surface area contributed by atoms with Gasteiger partial charge < -0.3 is 14.8 Å². The van der Waals surface area contributed by atoms with Gasteiger partial charge >= 0.3 is 0 Å². The molecule has 0 aliphatic carbocycles. The van der Waals surface area contributed by atoms with Gasteiger partial charge in [-0.15, -0.1) is 0 Å². The molecule has 0 aromatic heterocycles. The van der Waals surface area contributed by atoms with Gasteiger partial charge in [0, 0.05) is 13.2 Å². The van der Waals surface area contributed by atoms with Crippen molar-refractivity contribution >= 4 is 0 Å². The second-order valence-corrected chi connectivity index (χ2v) is 5.13. The van der Waals surface area contributed by atoms with Crippen LogP contribution in [0.25, 0.3) is 0 Å². The molecular formula is C13H27NO2. The van der Waals surface area contributed by atoms with Gasteiger partial charge in [0.25, 0.3) is 0 Å². The van der Waals surface area contributed by atoms with E-state index in [4.69, 9.17) is 9.47 Å². The van der Waals surface area contributed by atoms with E-state index in [-0.39, 0.29) is 0 Å². The summed E-state index contributed by atoms with van der Waals surface area (Å²) in [5, 5.41) is 3.15. The zero-order chi connectivity index (χ0) is 11.8. The van der Waals surface area contributed by atoms with E-state index in [9.17, 15) is 0 Å². The highest BCUT2D eigenvalue weighted by atomic mass is 16.5. The number of likely N-dealkylation sites (N-methyl/N-ethyl adjacent to an activating group) is 1. The Labute approximate surface area is 99.9 Å². The van der Waals surface area contributed by atoms with Crippen molar-refractivity contribution in [3.63, 3.8) is 0 Å². The van der Waals surface area contributed by atoms with E-state index < -0.39 is 0 Å². The molecule has 1 rings (SSSR count). The molecule has 0 saturated carbocycles. The van der Waals surface area contributed by atoms with Gasteiger partial charge in [-0.05, 0) is 38.6 Å². The number of rotatable bonds is 8. The highest BCUT2D eigenvalue weighted by molar-refractivity contribution is 4.74. The van der Waals surface area contributed by atoms with E-state index >= 15 is 0 Å². The van der Waals surface area contributed by atoms with Crippen LogP contribution in [0.1, 0.15) is 39.5 Å². The minimum atomic E-state index is 0.331. The molecule has 0 aromatic rings. The molecule has 0 radical (unpaired) electrons. The molecule has 2 atom stereocenters. The lowest BCUT2D eigenvalue weighted by atomic mass is 10.1. The Hall–Kier alpha value is -0.120. The molecule has 0 bridgehead atoms. The first-order valence-electron chi connectivity index (χ1n) is 6.60. The van der Waals surface area contributed by atoms with Crippen LogP contribution >= 0.6 is 0 Å². The average molecular weight is 229 g/mol. The summed E-state index contributed by atoms with van der Waals surface area (Å²) in [6.07, 6.45) is 5.47. The maximum atomic E-state index is 5.84. The maximum Gasteiger partial charge on any atom is 0.0813 e. The molecule has 96 valence electrons. The van der Waals surface area contributed by atoms with E-state index in [0.29, 0.717) is 12.2 Å². The fourth-order valence-electron chi connectivity index (χ4n) is 2.09. The summed E-state index contributed by atoms with van der Waals surface area (Å²) >= 11 is 0.